The van der Waals surface area contributed by atoms with Crippen molar-refractivity contribution in [1.29, 1.82) is 0 Å². The molecule has 0 spiro atoms. The highest BCUT2D eigenvalue weighted by Gasteiger charge is 2.35. The number of benzene rings is 3. The highest BCUT2D eigenvalue weighted by Crippen LogP contribution is 2.35. The summed E-state index contributed by atoms with van der Waals surface area (Å²) in [5.41, 5.74) is 2.06. The van der Waals surface area contributed by atoms with Crippen molar-refractivity contribution in [2.45, 2.75) is 12.5 Å². The maximum absolute atomic E-state index is 14.7. The summed E-state index contributed by atoms with van der Waals surface area (Å²) in [6.07, 6.45) is 0.285. The van der Waals surface area contributed by atoms with Crippen LogP contribution >= 0.6 is 11.6 Å². The first-order chi connectivity index (χ1) is 16.9. The molecule has 3 aromatic rings. The van der Waals surface area contributed by atoms with E-state index in [4.69, 9.17) is 16.3 Å². The fraction of sp³-hybridized carbons (Fsp3) is 0.192. The summed E-state index contributed by atoms with van der Waals surface area (Å²) in [7, 11) is 3.00. The Labute approximate surface area is 207 Å². The van der Waals surface area contributed by atoms with Gasteiger partial charge in [-0.2, -0.15) is 5.10 Å². The number of halogens is 2. The molecule has 1 atom stereocenters. The first kappa shape index (κ1) is 24.2. The highest BCUT2D eigenvalue weighted by molar-refractivity contribution is 6.34. The van der Waals surface area contributed by atoms with Crippen LogP contribution in [-0.2, 0) is 4.79 Å². The number of anilines is 1. The molecule has 1 heterocycles. The summed E-state index contributed by atoms with van der Waals surface area (Å²) >= 11 is 6.35. The number of methoxy groups -OCH3 is 1. The number of hydrogen-bond donors (Lipinski definition) is 1. The minimum absolute atomic E-state index is 0.273. The van der Waals surface area contributed by atoms with E-state index >= 15 is 0 Å². The van der Waals surface area contributed by atoms with E-state index in [-0.39, 0.29) is 13.0 Å². The van der Waals surface area contributed by atoms with Gasteiger partial charge >= 0.3 is 6.03 Å². The van der Waals surface area contributed by atoms with E-state index in [0.717, 1.165) is 0 Å². The van der Waals surface area contributed by atoms with Gasteiger partial charge in [-0.05, 0) is 24.3 Å². The number of nitrogens with zero attached hydrogens (tertiary/aromatic N) is 3. The molecule has 0 unspecified atom stereocenters. The Kier molecular flexibility index (Phi) is 7.31. The zero-order chi connectivity index (χ0) is 24.9. The Balaban J connectivity index is 1.56. The Morgan fingerprint density at radius 3 is 2.54 bits per heavy atom. The molecule has 0 radical (unpaired) electrons. The van der Waals surface area contributed by atoms with E-state index in [1.54, 1.807) is 60.7 Å². The lowest BCUT2D eigenvalue weighted by Crippen LogP contribution is -2.41. The molecule has 9 heteroatoms. The van der Waals surface area contributed by atoms with Gasteiger partial charge in [-0.3, -0.25) is 4.79 Å². The van der Waals surface area contributed by atoms with Crippen LogP contribution in [0.5, 0.6) is 5.75 Å². The predicted molar refractivity (Wildman–Crippen MR) is 133 cm³/mol. The second-order valence-corrected chi connectivity index (χ2v) is 8.40. The highest BCUT2D eigenvalue weighted by atomic mass is 35.5. The van der Waals surface area contributed by atoms with E-state index in [9.17, 15) is 14.0 Å². The third-order valence-electron chi connectivity index (χ3n) is 5.68. The SMILES string of the molecule is COc1ccccc1NC(=O)N(C)CC(=O)N1N=C(c2ccccc2Cl)C[C@H]1c1ccccc1F. The van der Waals surface area contributed by atoms with Gasteiger partial charge in [0.05, 0.1) is 24.6 Å². The lowest BCUT2D eigenvalue weighted by Gasteiger charge is -2.25. The largest absolute Gasteiger partial charge is 0.495 e. The van der Waals surface area contributed by atoms with Gasteiger partial charge in [0, 0.05) is 29.6 Å². The Morgan fingerprint density at radius 2 is 1.80 bits per heavy atom. The van der Waals surface area contributed by atoms with Crippen molar-refractivity contribution in [2.24, 2.45) is 5.10 Å². The van der Waals surface area contributed by atoms with Crippen molar-refractivity contribution < 1.29 is 18.7 Å². The Morgan fingerprint density at radius 1 is 1.11 bits per heavy atom. The summed E-state index contributed by atoms with van der Waals surface area (Å²) in [5, 5.41) is 8.97. The average molecular weight is 495 g/mol. The summed E-state index contributed by atoms with van der Waals surface area (Å²) in [6.45, 7) is -0.273. The minimum atomic E-state index is -0.666. The number of hydrogen-bond acceptors (Lipinski definition) is 4. The van der Waals surface area contributed by atoms with Crippen LogP contribution in [0.4, 0.5) is 14.9 Å². The molecule has 0 bridgehead atoms. The van der Waals surface area contributed by atoms with Crippen molar-refractivity contribution in [3.63, 3.8) is 0 Å². The lowest BCUT2D eigenvalue weighted by atomic mass is 9.98. The summed E-state index contributed by atoms with van der Waals surface area (Å²) < 4.78 is 19.9. The molecular weight excluding hydrogens is 471 g/mol. The Hall–Kier alpha value is -3.91. The van der Waals surface area contributed by atoms with Gasteiger partial charge in [0.15, 0.2) is 0 Å². The molecule has 180 valence electrons. The number of likely N-dealkylation sites (N-methyl/N-ethyl adjacent to an activating group) is 1. The van der Waals surface area contributed by atoms with Gasteiger partial charge in [0.25, 0.3) is 5.91 Å². The van der Waals surface area contributed by atoms with Crippen molar-refractivity contribution in [3.8, 4) is 5.75 Å². The molecule has 0 saturated heterocycles. The van der Waals surface area contributed by atoms with E-state index in [2.05, 4.69) is 10.4 Å². The number of para-hydroxylation sites is 2. The minimum Gasteiger partial charge on any atom is -0.495 e. The standard InChI is InChI=1S/C26H24ClFN4O3/c1-31(26(34)29-21-13-7-8-14-24(21)35-2)16-25(33)32-23(18-10-4-6-12-20(18)28)15-22(30-32)17-9-3-5-11-19(17)27/h3-14,23H,15-16H2,1-2H3,(H,29,34)/t23-/m0/s1. The number of carbonyl (C=O) groups is 2. The second-order valence-electron chi connectivity index (χ2n) is 7.99. The van der Waals surface area contributed by atoms with Crippen molar-refractivity contribution in [2.75, 3.05) is 26.0 Å². The van der Waals surface area contributed by atoms with Crippen molar-refractivity contribution in [1.82, 2.24) is 9.91 Å². The van der Waals surface area contributed by atoms with Crippen LogP contribution < -0.4 is 10.1 Å². The zero-order valence-electron chi connectivity index (χ0n) is 19.2. The van der Waals surface area contributed by atoms with Gasteiger partial charge in [0.2, 0.25) is 0 Å². The molecule has 0 aliphatic carbocycles. The quantitative estimate of drug-likeness (QED) is 0.503. The molecule has 3 aromatic carbocycles. The number of hydrazone groups is 1. The summed E-state index contributed by atoms with van der Waals surface area (Å²) in [4.78, 5) is 27.3. The second kappa shape index (κ2) is 10.6. The number of ether oxygens (including phenoxy) is 1. The predicted octanol–water partition coefficient (Wildman–Crippen LogP) is 5.33. The summed E-state index contributed by atoms with van der Waals surface area (Å²) in [5.74, 6) is -0.403. The molecule has 0 saturated carbocycles. The van der Waals surface area contributed by atoms with Crippen LogP contribution in [0.15, 0.2) is 77.9 Å². The number of nitrogens with one attached hydrogen (secondary N) is 1. The summed E-state index contributed by atoms with van der Waals surface area (Å²) in [6, 6.07) is 19.2. The lowest BCUT2D eigenvalue weighted by molar-refractivity contribution is -0.133. The molecule has 0 aromatic heterocycles. The molecular formula is C26H24ClFN4O3. The van der Waals surface area contributed by atoms with Gasteiger partial charge in [-0.1, -0.05) is 60.1 Å². The molecule has 1 N–H and O–H groups in total. The Bertz CT molecular complexity index is 1280. The number of rotatable bonds is 6. The molecule has 1 aliphatic rings. The van der Waals surface area contributed by atoms with E-state index in [1.165, 1.54) is 30.1 Å². The van der Waals surface area contributed by atoms with Crippen LogP contribution in [0.25, 0.3) is 0 Å². The van der Waals surface area contributed by atoms with Crippen LogP contribution in [0.1, 0.15) is 23.6 Å². The van der Waals surface area contributed by atoms with Crippen LogP contribution in [-0.4, -0.2) is 48.3 Å². The third-order valence-corrected chi connectivity index (χ3v) is 6.01. The smallest absolute Gasteiger partial charge is 0.322 e. The monoisotopic (exact) mass is 494 g/mol. The maximum atomic E-state index is 14.7. The van der Waals surface area contributed by atoms with Gasteiger partial charge < -0.3 is 15.0 Å². The van der Waals surface area contributed by atoms with Crippen LogP contribution in [0, 0.1) is 5.82 Å². The average Bonchev–Trinajstić information content (AvgIpc) is 3.30. The van der Waals surface area contributed by atoms with E-state index in [0.29, 0.717) is 33.3 Å². The van der Waals surface area contributed by atoms with E-state index in [1.807, 2.05) is 6.07 Å². The fourth-order valence-electron chi connectivity index (χ4n) is 3.89. The normalized spacial score (nSPS) is 14.9. The number of amides is 3. The zero-order valence-corrected chi connectivity index (χ0v) is 20.0. The van der Waals surface area contributed by atoms with E-state index < -0.39 is 23.8 Å². The molecule has 35 heavy (non-hydrogen) atoms. The van der Waals surface area contributed by atoms with Crippen molar-refractivity contribution >= 4 is 34.9 Å². The number of urea groups is 1. The molecule has 4 rings (SSSR count). The first-order valence-corrected chi connectivity index (χ1v) is 11.3. The number of carbonyl (C=O) groups excluding carboxylic acids is 2. The van der Waals surface area contributed by atoms with Gasteiger partial charge in [-0.25, -0.2) is 14.2 Å². The van der Waals surface area contributed by atoms with Gasteiger partial charge in [0.1, 0.15) is 18.1 Å². The third kappa shape index (κ3) is 5.27. The van der Waals surface area contributed by atoms with Crippen molar-refractivity contribution in [3.05, 3.63) is 94.8 Å². The van der Waals surface area contributed by atoms with Crippen LogP contribution in [0.2, 0.25) is 5.02 Å². The molecule has 1 aliphatic heterocycles. The van der Waals surface area contributed by atoms with Crippen LogP contribution in [0.3, 0.4) is 0 Å². The molecule has 7 nitrogen and oxygen atoms in total. The maximum Gasteiger partial charge on any atom is 0.322 e. The molecule has 3 amide bonds. The topological polar surface area (TPSA) is 74.2 Å². The molecule has 0 fully saturated rings. The first-order valence-electron chi connectivity index (χ1n) is 10.9. The van der Waals surface area contributed by atoms with Gasteiger partial charge in [-0.15, -0.1) is 0 Å². The fourth-order valence-corrected chi connectivity index (χ4v) is 4.14.